The predicted octanol–water partition coefficient (Wildman–Crippen LogP) is 1.06. The first kappa shape index (κ1) is 11.9. The molecule has 0 aliphatic heterocycles. The fourth-order valence-corrected chi connectivity index (χ4v) is 1.73. The van der Waals surface area contributed by atoms with Gasteiger partial charge >= 0.3 is 0 Å². The molecule has 0 bridgehead atoms. The van der Waals surface area contributed by atoms with E-state index in [1.165, 1.54) is 6.07 Å². The van der Waals surface area contributed by atoms with Gasteiger partial charge in [0, 0.05) is 5.56 Å². The molecule has 5 heteroatoms. The van der Waals surface area contributed by atoms with Crippen LogP contribution in [-0.2, 0) is 4.79 Å². The third kappa shape index (κ3) is 2.94. The average molecular weight is 238 g/mol. The van der Waals surface area contributed by atoms with E-state index in [9.17, 15) is 14.3 Å². The molecule has 1 saturated carbocycles. The number of phenolic OH excluding ortho intramolecular Hbond substituents is 1. The summed E-state index contributed by atoms with van der Waals surface area (Å²) in [7, 11) is 0. The zero-order chi connectivity index (χ0) is 12.4. The van der Waals surface area contributed by atoms with Crippen molar-refractivity contribution in [3.05, 3.63) is 29.6 Å². The molecule has 4 N–H and O–H groups in total. The number of benzene rings is 1. The number of aromatic hydroxyl groups is 1. The van der Waals surface area contributed by atoms with Crippen LogP contribution in [-0.4, -0.2) is 17.6 Å². The van der Waals surface area contributed by atoms with Gasteiger partial charge in [-0.15, -0.1) is 0 Å². The molecule has 0 spiro atoms. The van der Waals surface area contributed by atoms with Gasteiger partial charge in [-0.1, -0.05) is 0 Å². The van der Waals surface area contributed by atoms with Crippen LogP contribution in [0.2, 0.25) is 0 Å². The molecule has 1 aliphatic carbocycles. The van der Waals surface area contributed by atoms with Crippen LogP contribution in [0, 0.1) is 11.7 Å². The van der Waals surface area contributed by atoms with E-state index in [1.807, 2.05) is 0 Å². The summed E-state index contributed by atoms with van der Waals surface area (Å²) >= 11 is 0. The Balaban J connectivity index is 2.17. The normalized spacial score (nSPS) is 16.8. The number of primary amides is 1. The molecular formula is C12H15FN2O2. The van der Waals surface area contributed by atoms with Gasteiger partial charge in [-0.25, -0.2) is 4.39 Å². The standard InChI is InChI=1S/C12H15FN2O2/c13-8-3-4-10(16)9(5-8)11(12(14)17)15-6-7-1-2-7/h3-5,7,11,15-16H,1-2,6H2,(H2,14,17). The number of rotatable bonds is 5. The first-order valence-electron chi connectivity index (χ1n) is 5.59. The lowest BCUT2D eigenvalue weighted by molar-refractivity contribution is -0.120. The molecule has 1 aliphatic rings. The maximum absolute atomic E-state index is 13.1. The van der Waals surface area contributed by atoms with Gasteiger partial charge in [0.15, 0.2) is 0 Å². The number of halogens is 1. The highest BCUT2D eigenvalue weighted by atomic mass is 19.1. The SMILES string of the molecule is NC(=O)C(NCC1CC1)c1cc(F)ccc1O. The van der Waals surface area contributed by atoms with E-state index in [1.54, 1.807) is 0 Å². The summed E-state index contributed by atoms with van der Waals surface area (Å²) in [5.74, 6) is -0.685. The van der Waals surface area contributed by atoms with E-state index in [-0.39, 0.29) is 11.3 Å². The fraction of sp³-hybridized carbons (Fsp3) is 0.417. The van der Waals surface area contributed by atoms with Crippen molar-refractivity contribution in [3.8, 4) is 5.75 Å². The molecule has 2 rings (SSSR count). The van der Waals surface area contributed by atoms with E-state index >= 15 is 0 Å². The highest BCUT2D eigenvalue weighted by Gasteiger charge is 2.26. The van der Waals surface area contributed by atoms with Crippen molar-refractivity contribution in [1.29, 1.82) is 0 Å². The Bertz CT molecular complexity index is 433. The lowest BCUT2D eigenvalue weighted by atomic mass is 10.0. The molecule has 1 atom stereocenters. The van der Waals surface area contributed by atoms with Crippen LogP contribution in [0.4, 0.5) is 4.39 Å². The van der Waals surface area contributed by atoms with Gasteiger partial charge in [0.05, 0.1) is 0 Å². The van der Waals surface area contributed by atoms with Crippen LogP contribution in [0.5, 0.6) is 5.75 Å². The number of nitrogens with one attached hydrogen (secondary N) is 1. The molecule has 1 aromatic rings. The summed E-state index contributed by atoms with van der Waals surface area (Å²) in [5.41, 5.74) is 5.45. The van der Waals surface area contributed by atoms with E-state index in [4.69, 9.17) is 5.73 Å². The van der Waals surface area contributed by atoms with Crippen LogP contribution in [0.3, 0.4) is 0 Å². The van der Waals surface area contributed by atoms with Gasteiger partial charge < -0.3 is 16.2 Å². The Kier molecular flexibility index (Phi) is 3.28. The number of hydrogen-bond acceptors (Lipinski definition) is 3. The Labute approximate surface area is 98.6 Å². The van der Waals surface area contributed by atoms with Gasteiger partial charge in [0.25, 0.3) is 0 Å². The van der Waals surface area contributed by atoms with Crippen molar-refractivity contribution < 1.29 is 14.3 Å². The summed E-state index contributed by atoms with van der Waals surface area (Å²) < 4.78 is 13.1. The van der Waals surface area contributed by atoms with Crippen molar-refractivity contribution in [3.63, 3.8) is 0 Å². The molecule has 0 saturated heterocycles. The molecule has 1 amide bonds. The lowest BCUT2D eigenvalue weighted by Crippen LogP contribution is -2.34. The number of nitrogens with two attached hydrogens (primary N) is 1. The Morgan fingerprint density at radius 1 is 1.59 bits per heavy atom. The maximum atomic E-state index is 13.1. The highest BCUT2D eigenvalue weighted by molar-refractivity contribution is 5.82. The van der Waals surface area contributed by atoms with E-state index < -0.39 is 17.8 Å². The van der Waals surface area contributed by atoms with Crippen molar-refractivity contribution in [2.75, 3.05) is 6.54 Å². The molecule has 4 nitrogen and oxygen atoms in total. The highest BCUT2D eigenvalue weighted by Crippen LogP contribution is 2.30. The molecular weight excluding hydrogens is 223 g/mol. The van der Waals surface area contributed by atoms with E-state index in [0.29, 0.717) is 12.5 Å². The number of hydrogen-bond donors (Lipinski definition) is 3. The zero-order valence-electron chi connectivity index (χ0n) is 9.32. The largest absolute Gasteiger partial charge is 0.508 e. The molecule has 17 heavy (non-hydrogen) atoms. The van der Waals surface area contributed by atoms with Crippen molar-refractivity contribution in [2.45, 2.75) is 18.9 Å². The van der Waals surface area contributed by atoms with Gasteiger partial charge in [-0.2, -0.15) is 0 Å². The number of amides is 1. The van der Waals surface area contributed by atoms with Crippen LogP contribution >= 0.6 is 0 Å². The minimum absolute atomic E-state index is 0.126. The van der Waals surface area contributed by atoms with Gasteiger partial charge in [0.2, 0.25) is 5.91 Å². The minimum atomic E-state index is -0.841. The van der Waals surface area contributed by atoms with E-state index in [0.717, 1.165) is 25.0 Å². The lowest BCUT2D eigenvalue weighted by Gasteiger charge is -2.16. The smallest absolute Gasteiger partial charge is 0.239 e. The second-order valence-corrected chi connectivity index (χ2v) is 4.39. The molecule has 1 unspecified atom stereocenters. The van der Waals surface area contributed by atoms with Gasteiger partial charge in [-0.3, -0.25) is 4.79 Å². The van der Waals surface area contributed by atoms with Crippen molar-refractivity contribution >= 4 is 5.91 Å². The zero-order valence-corrected chi connectivity index (χ0v) is 9.32. The molecule has 0 heterocycles. The maximum Gasteiger partial charge on any atom is 0.239 e. The van der Waals surface area contributed by atoms with Crippen LogP contribution < -0.4 is 11.1 Å². The first-order valence-corrected chi connectivity index (χ1v) is 5.59. The predicted molar refractivity (Wildman–Crippen MR) is 60.7 cm³/mol. The van der Waals surface area contributed by atoms with Crippen LogP contribution in [0.1, 0.15) is 24.4 Å². The van der Waals surface area contributed by atoms with Crippen LogP contribution in [0.15, 0.2) is 18.2 Å². The molecule has 0 aromatic heterocycles. The molecule has 1 aromatic carbocycles. The van der Waals surface area contributed by atoms with Gasteiger partial charge in [0.1, 0.15) is 17.6 Å². The number of carbonyl (C=O) groups excluding carboxylic acids is 1. The Morgan fingerprint density at radius 3 is 2.88 bits per heavy atom. The van der Waals surface area contributed by atoms with Crippen molar-refractivity contribution in [2.24, 2.45) is 11.7 Å². The first-order chi connectivity index (χ1) is 8.08. The van der Waals surface area contributed by atoms with Gasteiger partial charge in [-0.05, 0) is 43.5 Å². The molecule has 0 radical (unpaired) electrons. The third-order valence-corrected chi connectivity index (χ3v) is 2.89. The second-order valence-electron chi connectivity index (χ2n) is 4.39. The minimum Gasteiger partial charge on any atom is -0.508 e. The monoisotopic (exact) mass is 238 g/mol. The molecule has 92 valence electrons. The summed E-state index contributed by atoms with van der Waals surface area (Å²) in [6.07, 6.45) is 2.27. The van der Waals surface area contributed by atoms with Crippen LogP contribution in [0.25, 0.3) is 0 Å². The quantitative estimate of drug-likeness (QED) is 0.718. The fourth-order valence-electron chi connectivity index (χ4n) is 1.73. The third-order valence-electron chi connectivity index (χ3n) is 2.89. The summed E-state index contributed by atoms with van der Waals surface area (Å²) in [6, 6.07) is 2.65. The number of carbonyl (C=O) groups is 1. The summed E-state index contributed by atoms with van der Waals surface area (Å²) in [4.78, 5) is 11.3. The second kappa shape index (κ2) is 4.71. The Hall–Kier alpha value is -1.62. The van der Waals surface area contributed by atoms with Crippen molar-refractivity contribution in [1.82, 2.24) is 5.32 Å². The molecule has 1 fully saturated rings. The summed E-state index contributed by atoms with van der Waals surface area (Å²) in [6.45, 7) is 0.656. The topological polar surface area (TPSA) is 75.4 Å². The summed E-state index contributed by atoms with van der Waals surface area (Å²) in [5, 5.41) is 12.6. The Morgan fingerprint density at radius 2 is 2.29 bits per heavy atom. The number of phenols is 1. The van der Waals surface area contributed by atoms with E-state index in [2.05, 4.69) is 5.32 Å². The average Bonchev–Trinajstić information content (AvgIpc) is 3.06.